The highest BCUT2D eigenvalue weighted by Gasteiger charge is 2.27. The fourth-order valence-electron chi connectivity index (χ4n) is 1.96. The van der Waals surface area contributed by atoms with Gasteiger partial charge in [-0.2, -0.15) is 0 Å². The average molecular weight is 320 g/mol. The molecule has 3 heteroatoms. The van der Waals surface area contributed by atoms with E-state index in [1.54, 1.807) is 4.90 Å². The van der Waals surface area contributed by atoms with Crippen LogP contribution in [0.15, 0.2) is 42.5 Å². The molecule has 0 radical (unpaired) electrons. The van der Waals surface area contributed by atoms with E-state index < -0.39 is 0 Å². The summed E-state index contributed by atoms with van der Waals surface area (Å²) in [6, 6.07) is 13.8. The van der Waals surface area contributed by atoms with Gasteiger partial charge in [0.1, 0.15) is 0 Å². The van der Waals surface area contributed by atoms with Crippen molar-refractivity contribution in [3.05, 3.63) is 48.0 Å². The molecule has 2 nitrogen and oxygen atoms in total. The Hall–Kier alpha value is -1.35. The van der Waals surface area contributed by atoms with Crippen LogP contribution in [0, 0.1) is 0 Å². The Balaban J connectivity index is 2.48. The summed E-state index contributed by atoms with van der Waals surface area (Å²) in [6.45, 7) is 4.09. The first-order valence-electron chi connectivity index (χ1n) is 6.29. The number of hydrogen-bond acceptors (Lipinski definition) is 1. The van der Waals surface area contributed by atoms with Gasteiger partial charge in [-0.15, -0.1) is 0 Å². The number of carbonyl (C=O) groups is 1. The quantitative estimate of drug-likeness (QED) is 0.780. The molecule has 0 heterocycles. The van der Waals surface area contributed by atoms with Crippen molar-refractivity contribution in [1.29, 1.82) is 0 Å². The van der Waals surface area contributed by atoms with Crippen molar-refractivity contribution in [3.63, 3.8) is 0 Å². The van der Waals surface area contributed by atoms with Crippen LogP contribution in [0.3, 0.4) is 0 Å². The third kappa shape index (κ3) is 2.66. The summed E-state index contributed by atoms with van der Waals surface area (Å²) in [5, 5.41) is 2.85. The zero-order valence-corrected chi connectivity index (χ0v) is 13.1. The molecule has 0 saturated carbocycles. The summed E-state index contributed by atoms with van der Waals surface area (Å²) in [5.74, 6) is 0.0567. The molecular weight excluding hydrogens is 302 g/mol. The first-order valence-corrected chi connectivity index (χ1v) is 7.41. The summed E-state index contributed by atoms with van der Waals surface area (Å²) < 4.78 is 0. The van der Waals surface area contributed by atoms with Gasteiger partial charge in [-0.05, 0) is 30.7 Å². The van der Waals surface area contributed by atoms with E-state index in [2.05, 4.69) is 15.9 Å². The number of fused-ring (bicyclic) bond motifs is 1. The predicted molar refractivity (Wildman–Crippen MR) is 83.9 cm³/mol. The largest absolute Gasteiger partial charge is 0.336 e. The van der Waals surface area contributed by atoms with Gasteiger partial charge in [0, 0.05) is 23.5 Å². The highest BCUT2D eigenvalue weighted by atomic mass is 79.9. The van der Waals surface area contributed by atoms with E-state index in [-0.39, 0.29) is 11.4 Å². The van der Waals surface area contributed by atoms with Gasteiger partial charge >= 0.3 is 0 Å². The second kappa shape index (κ2) is 5.33. The molecule has 1 amide bonds. The van der Waals surface area contributed by atoms with Gasteiger partial charge in [-0.1, -0.05) is 52.3 Å². The number of benzene rings is 2. The van der Waals surface area contributed by atoms with E-state index in [1.807, 2.05) is 63.4 Å². The van der Waals surface area contributed by atoms with E-state index in [0.717, 1.165) is 21.7 Å². The minimum absolute atomic E-state index is 0.0567. The van der Waals surface area contributed by atoms with Crippen LogP contribution in [-0.4, -0.2) is 28.7 Å². The number of hydrogen-bond donors (Lipinski definition) is 0. The molecule has 0 saturated heterocycles. The van der Waals surface area contributed by atoms with Crippen LogP contribution in [0.25, 0.3) is 10.8 Å². The van der Waals surface area contributed by atoms with Crippen LogP contribution in [0.5, 0.6) is 0 Å². The van der Waals surface area contributed by atoms with Crippen LogP contribution in [0.1, 0.15) is 24.2 Å². The number of carbonyl (C=O) groups excluding carboxylic acids is 1. The van der Waals surface area contributed by atoms with E-state index >= 15 is 0 Å². The summed E-state index contributed by atoms with van der Waals surface area (Å²) in [4.78, 5) is 14.5. The minimum Gasteiger partial charge on any atom is -0.336 e. The van der Waals surface area contributed by atoms with Crippen molar-refractivity contribution in [3.8, 4) is 0 Å². The molecule has 2 aromatic rings. The fraction of sp³-hybridized carbons (Fsp3) is 0.312. The summed E-state index contributed by atoms with van der Waals surface area (Å²) in [6.07, 6.45) is 0. The maximum absolute atomic E-state index is 12.7. The smallest absolute Gasteiger partial charge is 0.254 e. The lowest BCUT2D eigenvalue weighted by atomic mass is 10.0. The van der Waals surface area contributed by atoms with Crippen molar-refractivity contribution < 1.29 is 4.79 Å². The minimum atomic E-state index is -0.214. The summed E-state index contributed by atoms with van der Waals surface area (Å²) >= 11 is 3.47. The molecule has 2 aromatic carbocycles. The molecule has 0 aliphatic heterocycles. The lowest BCUT2D eigenvalue weighted by Crippen LogP contribution is -2.46. The SMILES string of the molecule is CN(C(=O)c1cccc2ccccc12)C(C)(C)CBr. The molecule has 0 aliphatic rings. The molecule has 19 heavy (non-hydrogen) atoms. The Kier molecular flexibility index (Phi) is 3.95. The number of alkyl halides is 1. The molecule has 0 spiro atoms. The molecule has 0 aliphatic carbocycles. The van der Waals surface area contributed by atoms with Crippen LogP contribution >= 0.6 is 15.9 Å². The fourth-order valence-corrected chi connectivity index (χ4v) is 2.33. The maximum atomic E-state index is 12.7. The molecule has 0 N–H and O–H groups in total. The average Bonchev–Trinajstić information content (AvgIpc) is 2.45. The predicted octanol–water partition coefficient (Wildman–Crippen LogP) is 4.09. The molecule has 0 unspecified atom stereocenters. The van der Waals surface area contributed by atoms with Gasteiger partial charge in [0.15, 0.2) is 0 Å². The maximum Gasteiger partial charge on any atom is 0.254 e. The first-order chi connectivity index (χ1) is 8.97. The summed E-state index contributed by atoms with van der Waals surface area (Å²) in [7, 11) is 1.85. The second-order valence-corrected chi connectivity index (χ2v) is 5.90. The van der Waals surface area contributed by atoms with Gasteiger partial charge in [-0.25, -0.2) is 0 Å². The zero-order valence-electron chi connectivity index (χ0n) is 11.5. The molecule has 0 fully saturated rings. The van der Waals surface area contributed by atoms with Gasteiger partial charge in [0.2, 0.25) is 0 Å². The van der Waals surface area contributed by atoms with Crippen molar-refractivity contribution >= 4 is 32.6 Å². The second-order valence-electron chi connectivity index (χ2n) is 5.34. The first kappa shape index (κ1) is 14.1. The monoisotopic (exact) mass is 319 g/mol. The standard InChI is InChI=1S/C16H18BrNO/c1-16(2,11-17)18(3)15(19)14-10-6-8-12-7-4-5-9-13(12)14/h4-10H,11H2,1-3H3. The van der Waals surface area contributed by atoms with Crippen LogP contribution in [0.4, 0.5) is 0 Å². The Morgan fingerprint density at radius 3 is 2.47 bits per heavy atom. The highest BCUT2D eigenvalue weighted by molar-refractivity contribution is 9.09. The molecule has 0 aromatic heterocycles. The van der Waals surface area contributed by atoms with E-state index in [1.165, 1.54) is 0 Å². The van der Waals surface area contributed by atoms with Crippen LogP contribution in [-0.2, 0) is 0 Å². The van der Waals surface area contributed by atoms with Crippen molar-refractivity contribution in [2.75, 3.05) is 12.4 Å². The van der Waals surface area contributed by atoms with Crippen molar-refractivity contribution in [1.82, 2.24) is 4.90 Å². The van der Waals surface area contributed by atoms with E-state index in [9.17, 15) is 4.79 Å². The van der Waals surface area contributed by atoms with Crippen molar-refractivity contribution in [2.45, 2.75) is 19.4 Å². The van der Waals surface area contributed by atoms with Gasteiger partial charge in [-0.3, -0.25) is 4.79 Å². The molecule has 2 rings (SSSR count). The van der Waals surface area contributed by atoms with Gasteiger partial charge < -0.3 is 4.90 Å². The molecule has 0 atom stereocenters. The Bertz CT molecular complexity index is 601. The molecular formula is C16H18BrNO. The highest BCUT2D eigenvalue weighted by Crippen LogP contribution is 2.23. The number of nitrogens with zero attached hydrogens (tertiary/aromatic N) is 1. The summed E-state index contributed by atoms with van der Waals surface area (Å²) in [5.41, 5.74) is 0.545. The van der Waals surface area contributed by atoms with E-state index in [0.29, 0.717) is 0 Å². The number of amides is 1. The lowest BCUT2D eigenvalue weighted by Gasteiger charge is -2.34. The van der Waals surface area contributed by atoms with Gasteiger partial charge in [0.25, 0.3) is 5.91 Å². The van der Waals surface area contributed by atoms with Crippen LogP contribution < -0.4 is 0 Å². The Labute approximate surface area is 122 Å². The van der Waals surface area contributed by atoms with Gasteiger partial charge in [0.05, 0.1) is 0 Å². The Morgan fingerprint density at radius 1 is 1.16 bits per heavy atom. The van der Waals surface area contributed by atoms with Crippen LogP contribution in [0.2, 0.25) is 0 Å². The molecule has 100 valence electrons. The number of rotatable bonds is 3. The third-order valence-corrected chi connectivity index (χ3v) is 4.93. The molecule has 0 bridgehead atoms. The third-order valence-electron chi connectivity index (χ3n) is 3.56. The van der Waals surface area contributed by atoms with Crippen molar-refractivity contribution in [2.24, 2.45) is 0 Å². The normalized spacial score (nSPS) is 11.6. The van der Waals surface area contributed by atoms with E-state index in [4.69, 9.17) is 0 Å². The number of halogens is 1. The Morgan fingerprint density at radius 2 is 1.79 bits per heavy atom. The topological polar surface area (TPSA) is 20.3 Å². The zero-order chi connectivity index (χ0) is 14.0. The lowest BCUT2D eigenvalue weighted by molar-refractivity contribution is 0.0665.